The van der Waals surface area contributed by atoms with Gasteiger partial charge in [-0.15, -0.1) is 0 Å². The quantitative estimate of drug-likeness (QED) is 0.686. The SMILES string of the molecule is CC(C)OC(=O)N1C2COCC1C(O)C2. The van der Waals surface area contributed by atoms with Gasteiger partial charge in [-0.2, -0.15) is 0 Å². The van der Waals surface area contributed by atoms with Gasteiger partial charge >= 0.3 is 6.09 Å². The van der Waals surface area contributed by atoms with Gasteiger partial charge in [0.2, 0.25) is 0 Å². The number of amides is 1. The highest BCUT2D eigenvalue weighted by Crippen LogP contribution is 2.29. The Hall–Kier alpha value is -0.810. The predicted octanol–water partition coefficient (Wildman–Crippen LogP) is 0.365. The standard InChI is InChI=1S/C10H17NO4/c1-6(2)15-10(13)11-7-3-9(12)8(11)5-14-4-7/h6-9,12H,3-5H2,1-2H3. The zero-order valence-electron chi connectivity index (χ0n) is 9.05. The molecule has 1 N–H and O–H groups in total. The van der Waals surface area contributed by atoms with Crippen molar-refractivity contribution in [3.63, 3.8) is 0 Å². The Morgan fingerprint density at radius 1 is 1.53 bits per heavy atom. The third-order valence-electron chi connectivity index (χ3n) is 2.85. The van der Waals surface area contributed by atoms with Crippen LogP contribution >= 0.6 is 0 Å². The molecule has 2 aliphatic heterocycles. The van der Waals surface area contributed by atoms with Gasteiger partial charge in [0, 0.05) is 0 Å². The van der Waals surface area contributed by atoms with E-state index in [4.69, 9.17) is 9.47 Å². The van der Waals surface area contributed by atoms with Crippen molar-refractivity contribution in [1.29, 1.82) is 0 Å². The Balaban J connectivity index is 2.06. The fourth-order valence-corrected chi connectivity index (χ4v) is 2.22. The number of hydrogen-bond donors (Lipinski definition) is 1. The molecule has 3 unspecified atom stereocenters. The van der Waals surface area contributed by atoms with Gasteiger partial charge in [0.05, 0.1) is 37.5 Å². The molecule has 3 atom stereocenters. The number of aliphatic hydroxyl groups excluding tert-OH is 1. The molecule has 2 heterocycles. The number of carbonyl (C=O) groups excluding carboxylic acids is 1. The van der Waals surface area contributed by atoms with Crippen molar-refractivity contribution in [2.75, 3.05) is 13.2 Å². The number of rotatable bonds is 1. The van der Waals surface area contributed by atoms with E-state index in [1.54, 1.807) is 4.90 Å². The van der Waals surface area contributed by atoms with Crippen molar-refractivity contribution >= 4 is 6.09 Å². The second-order valence-electron chi connectivity index (χ2n) is 4.40. The van der Waals surface area contributed by atoms with Crippen LogP contribution in [-0.4, -0.2) is 53.6 Å². The van der Waals surface area contributed by atoms with Gasteiger partial charge in [0.1, 0.15) is 0 Å². The lowest BCUT2D eigenvalue weighted by molar-refractivity contribution is -0.0339. The highest BCUT2D eigenvalue weighted by molar-refractivity contribution is 5.69. The molecule has 0 radical (unpaired) electrons. The predicted molar refractivity (Wildman–Crippen MR) is 52.5 cm³/mol. The molecule has 5 heteroatoms. The average molecular weight is 215 g/mol. The van der Waals surface area contributed by atoms with Crippen LogP contribution in [-0.2, 0) is 9.47 Å². The van der Waals surface area contributed by atoms with Crippen LogP contribution in [0, 0.1) is 0 Å². The first-order valence-electron chi connectivity index (χ1n) is 5.34. The van der Waals surface area contributed by atoms with Crippen LogP contribution < -0.4 is 0 Å². The molecule has 86 valence electrons. The lowest BCUT2D eigenvalue weighted by atomic mass is 10.2. The van der Waals surface area contributed by atoms with Gasteiger partial charge in [-0.05, 0) is 20.3 Å². The number of fused-ring (bicyclic) bond motifs is 2. The van der Waals surface area contributed by atoms with Crippen molar-refractivity contribution in [2.45, 2.75) is 44.6 Å². The zero-order chi connectivity index (χ0) is 11.0. The minimum Gasteiger partial charge on any atom is -0.447 e. The summed E-state index contributed by atoms with van der Waals surface area (Å²) in [4.78, 5) is 13.4. The number of ether oxygens (including phenoxy) is 2. The van der Waals surface area contributed by atoms with Crippen LogP contribution in [0.3, 0.4) is 0 Å². The first-order chi connectivity index (χ1) is 7.09. The summed E-state index contributed by atoms with van der Waals surface area (Å²) in [5, 5.41) is 9.72. The second kappa shape index (κ2) is 3.98. The molecule has 1 amide bonds. The molecular weight excluding hydrogens is 198 g/mol. The second-order valence-corrected chi connectivity index (χ2v) is 4.40. The van der Waals surface area contributed by atoms with E-state index in [-0.39, 0.29) is 24.3 Å². The van der Waals surface area contributed by atoms with E-state index in [2.05, 4.69) is 0 Å². The van der Waals surface area contributed by atoms with Crippen LogP contribution in [0.2, 0.25) is 0 Å². The van der Waals surface area contributed by atoms with Gasteiger partial charge in [-0.25, -0.2) is 4.79 Å². The van der Waals surface area contributed by atoms with Gasteiger partial charge in [0.15, 0.2) is 0 Å². The molecule has 0 aliphatic carbocycles. The van der Waals surface area contributed by atoms with E-state index < -0.39 is 6.10 Å². The van der Waals surface area contributed by atoms with Crippen molar-refractivity contribution in [3.8, 4) is 0 Å². The summed E-state index contributed by atoms with van der Waals surface area (Å²) in [6.45, 7) is 4.54. The highest BCUT2D eigenvalue weighted by Gasteiger charge is 2.47. The van der Waals surface area contributed by atoms with E-state index in [1.165, 1.54) is 0 Å². The molecule has 2 saturated heterocycles. The molecule has 2 rings (SSSR count). The highest BCUT2D eigenvalue weighted by atomic mass is 16.6. The van der Waals surface area contributed by atoms with Gasteiger partial charge < -0.3 is 14.6 Å². The fourth-order valence-electron chi connectivity index (χ4n) is 2.22. The topological polar surface area (TPSA) is 59.0 Å². The van der Waals surface area contributed by atoms with E-state index in [9.17, 15) is 9.90 Å². The molecule has 2 bridgehead atoms. The Morgan fingerprint density at radius 2 is 2.27 bits per heavy atom. The number of hydrogen-bond acceptors (Lipinski definition) is 4. The summed E-state index contributed by atoms with van der Waals surface area (Å²) in [5.41, 5.74) is 0. The fraction of sp³-hybridized carbons (Fsp3) is 0.900. The first-order valence-corrected chi connectivity index (χ1v) is 5.34. The summed E-state index contributed by atoms with van der Waals surface area (Å²) < 4.78 is 10.4. The maximum Gasteiger partial charge on any atom is 0.410 e. The Kier molecular flexibility index (Phi) is 2.84. The first kappa shape index (κ1) is 10.7. The van der Waals surface area contributed by atoms with Gasteiger partial charge in [-0.3, -0.25) is 4.90 Å². The Bertz CT molecular complexity index is 256. The number of aliphatic hydroxyl groups is 1. The summed E-state index contributed by atoms with van der Waals surface area (Å²) in [7, 11) is 0. The van der Waals surface area contributed by atoms with E-state index >= 15 is 0 Å². The lowest BCUT2D eigenvalue weighted by Crippen LogP contribution is -2.51. The van der Waals surface area contributed by atoms with Gasteiger partial charge in [-0.1, -0.05) is 0 Å². The van der Waals surface area contributed by atoms with Crippen molar-refractivity contribution in [3.05, 3.63) is 0 Å². The minimum atomic E-state index is -0.475. The maximum atomic E-state index is 11.8. The molecule has 0 spiro atoms. The largest absolute Gasteiger partial charge is 0.447 e. The molecular formula is C10H17NO4. The van der Waals surface area contributed by atoms with E-state index in [1.807, 2.05) is 13.8 Å². The molecule has 15 heavy (non-hydrogen) atoms. The van der Waals surface area contributed by atoms with E-state index in [0.717, 1.165) is 0 Å². The normalized spacial score (nSPS) is 34.7. The van der Waals surface area contributed by atoms with Crippen molar-refractivity contribution in [1.82, 2.24) is 4.90 Å². The smallest absolute Gasteiger partial charge is 0.410 e. The van der Waals surface area contributed by atoms with Crippen LogP contribution in [0.4, 0.5) is 4.79 Å². The third kappa shape index (κ3) is 1.94. The summed E-state index contributed by atoms with van der Waals surface area (Å²) in [6.07, 6.45) is -0.341. The van der Waals surface area contributed by atoms with Crippen LogP contribution in [0.1, 0.15) is 20.3 Å². The summed E-state index contributed by atoms with van der Waals surface area (Å²) in [6, 6.07) is -0.250. The Morgan fingerprint density at radius 3 is 2.87 bits per heavy atom. The van der Waals surface area contributed by atoms with Crippen LogP contribution in [0.5, 0.6) is 0 Å². The van der Waals surface area contributed by atoms with Crippen LogP contribution in [0.25, 0.3) is 0 Å². The van der Waals surface area contributed by atoms with E-state index in [0.29, 0.717) is 19.6 Å². The molecule has 0 aromatic heterocycles. The third-order valence-corrected chi connectivity index (χ3v) is 2.85. The maximum absolute atomic E-state index is 11.8. The average Bonchev–Trinajstić information content (AvgIpc) is 2.33. The van der Waals surface area contributed by atoms with Crippen LogP contribution in [0.15, 0.2) is 0 Å². The molecule has 0 aromatic carbocycles. The number of nitrogens with zero attached hydrogens (tertiary/aromatic N) is 1. The summed E-state index contributed by atoms with van der Waals surface area (Å²) in [5.74, 6) is 0. The zero-order valence-corrected chi connectivity index (χ0v) is 9.05. The van der Waals surface area contributed by atoms with Crippen molar-refractivity contribution in [2.24, 2.45) is 0 Å². The van der Waals surface area contributed by atoms with Crippen molar-refractivity contribution < 1.29 is 19.4 Å². The molecule has 0 aromatic rings. The molecule has 5 nitrogen and oxygen atoms in total. The molecule has 2 aliphatic rings. The Labute approximate surface area is 89.0 Å². The lowest BCUT2D eigenvalue weighted by Gasteiger charge is -2.34. The monoisotopic (exact) mass is 215 g/mol. The molecule has 2 fully saturated rings. The number of morpholine rings is 1. The molecule has 0 saturated carbocycles. The number of carbonyl (C=O) groups is 1. The van der Waals surface area contributed by atoms with Gasteiger partial charge in [0.25, 0.3) is 0 Å². The summed E-state index contributed by atoms with van der Waals surface area (Å²) >= 11 is 0. The minimum absolute atomic E-state index is 0.0231.